The quantitative estimate of drug-likeness (QED) is 0.233. The van der Waals surface area contributed by atoms with Crippen molar-refractivity contribution < 1.29 is 24.2 Å². The van der Waals surface area contributed by atoms with Crippen molar-refractivity contribution >= 4 is 28.5 Å². The van der Waals surface area contributed by atoms with Gasteiger partial charge in [0.15, 0.2) is 5.75 Å². The Bertz CT molecular complexity index is 2030. The molecule has 220 valence electrons. The third-order valence-electron chi connectivity index (χ3n) is 7.69. The van der Waals surface area contributed by atoms with Gasteiger partial charge in [-0.15, -0.1) is 0 Å². The molecule has 5 rings (SSSR count). The second kappa shape index (κ2) is 11.1. The smallest absolute Gasteiger partial charge is 0.251 e. The molecule has 3 aromatic rings. The fourth-order valence-corrected chi connectivity index (χ4v) is 5.12. The normalized spacial score (nSPS) is 11.1. The number of hydrogen-bond donors (Lipinski definition) is 2. The number of carboxylic acids is 1. The van der Waals surface area contributed by atoms with Crippen molar-refractivity contribution in [1.29, 1.82) is 0 Å². The Balaban J connectivity index is 1.70. The number of carbonyl (C=O) groups is 2. The number of aromatic carboxylic acids is 1. The van der Waals surface area contributed by atoms with E-state index in [1.165, 1.54) is 24.3 Å². The Kier molecular flexibility index (Phi) is 7.54. The Morgan fingerprint density at radius 3 is 2.44 bits per heavy atom. The Labute approximate surface area is 247 Å². The van der Waals surface area contributed by atoms with Crippen molar-refractivity contribution in [3.05, 3.63) is 98.8 Å². The number of rotatable bonds is 6. The molecule has 2 N–H and O–H groups in total. The van der Waals surface area contributed by atoms with E-state index in [-0.39, 0.29) is 23.4 Å². The van der Waals surface area contributed by atoms with Gasteiger partial charge in [0.1, 0.15) is 25.4 Å². The van der Waals surface area contributed by atoms with Crippen LogP contribution >= 0.6 is 0 Å². The number of anilines is 1. The zero-order valence-corrected chi connectivity index (χ0v) is 24.8. The molecular weight excluding hydrogens is 548 g/mol. The molecule has 0 saturated carbocycles. The molecule has 1 aliphatic heterocycles. The minimum Gasteiger partial charge on any atom is -0.545 e. The molecule has 10 nitrogen and oxygen atoms in total. The molecule has 1 amide bonds. The molecular formula is C33H32N4O6. The first kappa shape index (κ1) is 29.1. The van der Waals surface area contributed by atoms with E-state index in [1.54, 1.807) is 18.5 Å². The largest absolute Gasteiger partial charge is 0.545 e. The lowest BCUT2D eigenvalue weighted by atomic mass is 9.89. The molecule has 1 aromatic heterocycles. The molecule has 0 atom stereocenters. The van der Waals surface area contributed by atoms with Gasteiger partial charge in [0.2, 0.25) is 10.8 Å². The van der Waals surface area contributed by atoms with Gasteiger partial charge < -0.3 is 34.2 Å². The van der Waals surface area contributed by atoms with Crippen molar-refractivity contribution in [2.24, 2.45) is 7.05 Å². The second-order valence-electron chi connectivity index (χ2n) is 10.9. The fraction of sp³-hybridized carbons (Fsp3) is 0.212. The molecule has 43 heavy (non-hydrogen) atoms. The summed E-state index contributed by atoms with van der Waals surface area (Å²) in [5, 5.41) is 27.0. The summed E-state index contributed by atoms with van der Waals surface area (Å²) in [5.74, 6) is -1.81. The number of hydrogen-bond acceptors (Lipinski definition) is 7. The molecule has 0 radical (unpaired) electrons. The number of nitrogens with one attached hydrogen (secondary N) is 1. The lowest BCUT2D eigenvalue weighted by Crippen LogP contribution is -2.27. The molecule has 0 saturated heterocycles. The summed E-state index contributed by atoms with van der Waals surface area (Å²) in [6.45, 7) is 1.60. The number of pyridine rings is 1. The third kappa shape index (κ3) is 5.34. The van der Waals surface area contributed by atoms with Crippen LogP contribution in [0.3, 0.4) is 0 Å². The van der Waals surface area contributed by atoms with Gasteiger partial charge in [-0.1, -0.05) is 6.07 Å². The maximum Gasteiger partial charge on any atom is 0.251 e. The summed E-state index contributed by atoms with van der Waals surface area (Å²) in [6, 6.07) is 16.9. The van der Waals surface area contributed by atoms with Crippen LogP contribution in [-0.4, -0.2) is 49.7 Å². The van der Waals surface area contributed by atoms with Crippen molar-refractivity contribution in [3.63, 3.8) is 0 Å². The van der Waals surface area contributed by atoms with E-state index < -0.39 is 23.1 Å². The summed E-state index contributed by atoms with van der Waals surface area (Å²) in [4.78, 5) is 39.8. The van der Waals surface area contributed by atoms with Crippen LogP contribution in [0.4, 0.5) is 5.69 Å². The van der Waals surface area contributed by atoms with Crippen LogP contribution in [-0.2, 0) is 13.6 Å². The maximum atomic E-state index is 13.4. The highest BCUT2D eigenvalue weighted by molar-refractivity contribution is 6.09. The minimum absolute atomic E-state index is 0.0857. The van der Waals surface area contributed by atoms with E-state index in [9.17, 15) is 24.6 Å². The average Bonchev–Trinajstić information content (AvgIpc) is 2.97. The number of amides is 1. The predicted octanol–water partition coefficient (Wildman–Crippen LogP) is 2.31. The summed E-state index contributed by atoms with van der Waals surface area (Å²) in [7, 11) is 9.34. The van der Waals surface area contributed by atoms with Crippen LogP contribution in [0.15, 0.2) is 69.9 Å². The van der Waals surface area contributed by atoms with Crippen molar-refractivity contribution in [3.8, 4) is 28.2 Å². The summed E-state index contributed by atoms with van der Waals surface area (Å²) < 4.78 is 9.91. The topological polar surface area (TPSA) is 131 Å². The summed E-state index contributed by atoms with van der Waals surface area (Å²) >= 11 is 0. The van der Waals surface area contributed by atoms with Crippen LogP contribution in [0, 0.1) is 6.92 Å². The summed E-state index contributed by atoms with van der Waals surface area (Å²) in [6.07, 6.45) is 0. The highest BCUT2D eigenvalue weighted by atomic mass is 16.4. The minimum atomic E-state index is -1.39. The van der Waals surface area contributed by atoms with Gasteiger partial charge in [0.25, 0.3) is 5.91 Å². The number of aryl methyl sites for hydroxylation is 1. The molecule has 10 heteroatoms. The molecule has 2 aromatic carbocycles. The van der Waals surface area contributed by atoms with Crippen LogP contribution in [0.2, 0.25) is 0 Å². The highest BCUT2D eigenvalue weighted by Crippen LogP contribution is 2.42. The third-order valence-corrected chi connectivity index (χ3v) is 7.69. The van der Waals surface area contributed by atoms with E-state index >= 15 is 0 Å². The Morgan fingerprint density at radius 1 is 1.02 bits per heavy atom. The lowest BCUT2D eigenvalue weighted by Gasteiger charge is -2.20. The van der Waals surface area contributed by atoms with Crippen molar-refractivity contribution in [2.45, 2.75) is 13.5 Å². The summed E-state index contributed by atoms with van der Waals surface area (Å²) in [5.41, 5.74) is 3.41. The zero-order valence-electron chi connectivity index (χ0n) is 24.8. The SMILES string of the molecule is Cc1cc(=O)c(O)c(CNC(=O)c2ccc(C(=O)[O-])c(-c3c4ccc(=[N+](C)C)cc-4oc4cc(N(C)C)ccc34)c2)n1C. The Morgan fingerprint density at radius 2 is 1.77 bits per heavy atom. The fourth-order valence-electron chi connectivity index (χ4n) is 5.12. The number of carboxylic acid groups (broad SMARTS) is 1. The van der Waals surface area contributed by atoms with Gasteiger partial charge in [0, 0.05) is 78.4 Å². The van der Waals surface area contributed by atoms with Gasteiger partial charge in [-0.05, 0) is 42.8 Å². The van der Waals surface area contributed by atoms with Gasteiger partial charge in [0.05, 0.1) is 24.3 Å². The monoisotopic (exact) mass is 580 g/mol. The van der Waals surface area contributed by atoms with E-state index in [0.717, 1.165) is 11.0 Å². The zero-order chi connectivity index (χ0) is 31.2. The second-order valence-corrected chi connectivity index (χ2v) is 10.9. The molecule has 0 spiro atoms. The number of nitrogens with zero attached hydrogens (tertiary/aromatic N) is 3. The number of benzene rings is 3. The first-order valence-corrected chi connectivity index (χ1v) is 13.6. The number of carbonyl (C=O) groups excluding carboxylic acids is 2. The average molecular weight is 581 g/mol. The molecule has 0 fully saturated rings. The number of aromatic nitrogens is 1. The van der Waals surface area contributed by atoms with Gasteiger partial charge >= 0.3 is 0 Å². The van der Waals surface area contributed by atoms with Gasteiger partial charge in [-0.2, -0.15) is 0 Å². The van der Waals surface area contributed by atoms with E-state index in [0.29, 0.717) is 39.1 Å². The standard InChI is InChI=1S/C33H32N4O6/c1-18-13-27(38)31(39)26(37(18)6)17-34-32(40)19-7-10-22(33(41)42)25(14-19)30-23-11-8-20(35(2)3)15-28(23)43-29-16-21(36(4)5)9-12-24(29)30/h7-16H,17H2,1-6H3,(H2-,34,39,40,41,42). The first-order chi connectivity index (χ1) is 20.4. The predicted molar refractivity (Wildman–Crippen MR) is 163 cm³/mol. The van der Waals surface area contributed by atoms with Crippen LogP contribution in [0.25, 0.3) is 33.4 Å². The highest BCUT2D eigenvalue weighted by Gasteiger charge is 2.22. The molecule has 2 heterocycles. The van der Waals surface area contributed by atoms with E-state index in [1.807, 2.05) is 74.1 Å². The number of fused-ring (bicyclic) bond motifs is 2. The molecule has 2 aliphatic rings. The number of aromatic hydroxyl groups is 1. The molecule has 0 bridgehead atoms. The van der Waals surface area contributed by atoms with Gasteiger partial charge in [-0.3, -0.25) is 9.59 Å². The first-order valence-electron chi connectivity index (χ1n) is 13.6. The van der Waals surface area contributed by atoms with Crippen LogP contribution in [0.5, 0.6) is 5.75 Å². The van der Waals surface area contributed by atoms with Crippen molar-refractivity contribution in [2.75, 3.05) is 33.1 Å². The molecule has 1 aliphatic carbocycles. The van der Waals surface area contributed by atoms with Crippen LogP contribution in [0.1, 0.15) is 32.1 Å². The maximum absolute atomic E-state index is 13.4. The van der Waals surface area contributed by atoms with Gasteiger partial charge in [-0.25, -0.2) is 4.58 Å². The Hall–Kier alpha value is -5.38. The van der Waals surface area contributed by atoms with E-state index in [2.05, 4.69) is 5.32 Å². The van der Waals surface area contributed by atoms with Crippen molar-refractivity contribution in [1.82, 2.24) is 14.5 Å². The molecule has 0 unspecified atom stereocenters. The van der Waals surface area contributed by atoms with Crippen LogP contribution < -0.4 is 30.7 Å². The lowest BCUT2D eigenvalue weighted by molar-refractivity contribution is -0.254. The van der Waals surface area contributed by atoms with E-state index in [4.69, 9.17) is 4.42 Å².